The molecule has 0 spiro atoms. The third-order valence-corrected chi connectivity index (χ3v) is 6.20. The van der Waals surface area contributed by atoms with Crippen LogP contribution in [0.2, 0.25) is 5.02 Å². The van der Waals surface area contributed by atoms with E-state index in [9.17, 15) is 4.39 Å². The van der Waals surface area contributed by atoms with Crippen LogP contribution in [0.5, 0.6) is 11.8 Å². The molecule has 1 unspecified atom stereocenters. The zero-order chi connectivity index (χ0) is 21.4. The van der Waals surface area contributed by atoms with Crippen LogP contribution in [0.3, 0.4) is 0 Å². The van der Waals surface area contributed by atoms with E-state index in [1.165, 1.54) is 36.6 Å². The summed E-state index contributed by atoms with van der Waals surface area (Å²) in [5.74, 6) is 1.32. The maximum atomic E-state index is 13.6. The fourth-order valence-corrected chi connectivity index (χ4v) is 4.16. The molecule has 0 bridgehead atoms. The molecular weight excluding hydrogens is 415 g/mol. The molecule has 5 rings (SSSR count). The highest BCUT2D eigenvalue weighted by Gasteiger charge is 2.29. The Morgan fingerprint density at radius 2 is 2.10 bits per heavy atom. The van der Waals surface area contributed by atoms with E-state index in [0.29, 0.717) is 17.7 Å². The van der Waals surface area contributed by atoms with Crippen molar-refractivity contribution in [3.63, 3.8) is 0 Å². The molecule has 7 heteroatoms. The first-order valence-corrected chi connectivity index (χ1v) is 11.1. The molecule has 1 saturated carbocycles. The first kappa shape index (κ1) is 20.2. The maximum Gasteiger partial charge on any atom is 0.324 e. The Labute approximate surface area is 185 Å². The number of ether oxygens (including phenoxy) is 1. The van der Waals surface area contributed by atoms with Crippen LogP contribution in [0.1, 0.15) is 31.7 Å². The van der Waals surface area contributed by atoms with Gasteiger partial charge in [-0.25, -0.2) is 4.39 Å². The molecule has 160 valence electrons. The van der Waals surface area contributed by atoms with E-state index in [2.05, 4.69) is 40.8 Å². The van der Waals surface area contributed by atoms with Gasteiger partial charge in [0.05, 0.1) is 10.5 Å². The highest BCUT2D eigenvalue weighted by Crippen LogP contribution is 2.37. The van der Waals surface area contributed by atoms with Crippen LogP contribution in [0.15, 0.2) is 42.5 Å². The van der Waals surface area contributed by atoms with Crippen LogP contribution < -0.4 is 15.4 Å². The summed E-state index contributed by atoms with van der Waals surface area (Å²) in [6.07, 6.45) is 5.62. The number of anilines is 1. The van der Waals surface area contributed by atoms with Gasteiger partial charge < -0.3 is 15.4 Å². The summed E-state index contributed by atoms with van der Waals surface area (Å²) in [7, 11) is 0. The van der Waals surface area contributed by atoms with Crippen molar-refractivity contribution < 1.29 is 9.13 Å². The van der Waals surface area contributed by atoms with Gasteiger partial charge >= 0.3 is 6.01 Å². The average molecular weight is 439 g/mol. The summed E-state index contributed by atoms with van der Waals surface area (Å²) in [6.45, 7) is 3.97. The van der Waals surface area contributed by atoms with Gasteiger partial charge in [0, 0.05) is 29.6 Å². The summed E-state index contributed by atoms with van der Waals surface area (Å²) in [4.78, 5) is 9.43. The first-order chi connectivity index (χ1) is 15.1. The minimum Gasteiger partial charge on any atom is -0.424 e. The van der Waals surface area contributed by atoms with Gasteiger partial charge in [-0.1, -0.05) is 29.8 Å². The highest BCUT2D eigenvalue weighted by atomic mass is 35.5. The van der Waals surface area contributed by atoms with E-state index in [0.717, 1.165) is 41.8 Å². The minimum atomic E-state index is -0.491. The van der Waals surface area contributed by atoms with Crippen molar-refractivity contribution in [1.29, 1.82) is 0 Å². The number of aromatic nitrogens is 2. The zero-order valence-electron chi connectivity index (χ0n) is 17.3. The van der Waals surface area contributed by atoms with Crippen molar-refractivity contribution in [2.24, 2.45) is 5.92 Å². The molecule has 1 aliphatic heterocycles. The van der Waals surface area contributed by atoms with Crippen molar-refractivity contribution in [3.8, 4) is 11.8 Å². The molecule has 1 atom stereocenters. The standard InChI is InChI=1S/C24H24ClFN4O/c1-14(15-5-6-15)28-23-19-4-2-3-18(16-9-11-27-12-10-16)22(19)29-24(30-23)31-17-7-8-21(26)20(25)13-17/h2-4,7-9,13-15,27H,5-6,10-12H2,1H3,(H,28,29,30). The second-order valence-corrected chi connectivity index (χ2v) is 8.60. The third-order valence-electron chi connectivity index (χ3n) is 5.91. The van der Waals surface area contributed by atoms with Crippen molar-refractivity contribution in [1.82, 2.24) is 15.3 Å². The van der Waals surface area contributed by atoms with Crippen LogP contribution in [-0.4, -0.2) is 29.1 Å². The van der Waals surface area contributed by atoms with Gasteiger partial charge in [-0.15, -0.1) is 0 Å². The largest absolute Gasteiger partial charge is 0.424 e. The lowest BCUT2D eigenvalue weighted by molar-refractivity contribution is 0.443. The van der Waals surface area contributed by atoms with E-state index < -0.39 is 5.82 Å². The Hall–Kier alpha value is -2.70. The van der Waals surface area contributed by atoms with Crippen molar-refractivity contribution in [2.45, 2.75) is 32.2 Å². The smallest absolute Gasteiger partial charge is 0.324 e. The average Bonchev–Trinajstić information content (AvgIpc) is 3.62. The number of fused-ring (bicyclic) bond motifs is 1. The van der Waals surface area contributed by atoms with Crippen molar-refractivity contribution >= 4 is 33.9 Å². The number of halogens is 2. The number of nitrogens with zero attached hydrogens (tertiary/aromatic N) is 2. The second kappa shape index (κ2) is 8.44. The van der Waals surface area contributed by atoms with Crippen LogP contribution in [0.25, 0.3) is 16.5 Å². The SMILES string of the molecule is CC(Nc1nc(Oc2ccc(F)c(Cl)c2)nc2c(C3=CCNCC3)cccc12)C1CC1. The molecule has 5 nitrogen and oxygen atoms in total. The Morgan fingerprint density at radius 3 is 2.84 bits per heavy atom. The zero-order valence-corrected chi connectivity index (χ0v) is 18.0. The molecule has 2 heterocycles. The van der Waals surface area contributed by atoms with Gasteiger partial charge in [-0.3, -0.25) is 0 Å². The molecule has 2 aromatic carbocycles. The number of benzene rings is 2. The van der Waals surface area contributed by atoms with Crippen molar-refractivity contribution in [3.05, 3.63) is 58.9 Å². The Morgan fingerprint density at radius 1 is 1.23 bits per heavy atom. The number of nitrogens with one attached hydrogen (secondary N) is 2. The molecule has 0 amide bonds. The summed E-state index contributed by atoms with van der Waals surface area (Å²) >= 11 is 5.92. The topological polar surface area (TPSA) is 59.1 Å². The fourth-order valence-electron chi connectivity index (χ4n) is 3.99. The quantitative estimate of drug-likeness (QED) is 0.509. The Bertz CT molecular complexity index is 1160. The lowest BCUT2D eigenvalue weighted by Crippen LogP contribution is -2.20. The normalized spacial score (nSPS) is 17.3. The van der Waals surface area contributed by atoms with E-state index in [1.807, 2.05) is 6.07 Å². The summed E-state index contributed by atoms with van der Waals surface area (Å²) in [5, 5.41) is 7.89. The molecule has 0 radical (unpaired) electrons. The van der Waals surface area contributed by atoms with Crippen molar-refractivity contribution in [2.75, 3.05) is 18.4 Å². The number of hydrogen-bond acceptors (Lipinski definition) is 5. The van der Waals surface area contributed by atoms with Crippen LogP contribution in [0, 0.1) is 11.7 Å². The summed E-state index contributed by atoms with van der Waals surface area (Å²) < 4.78 is 19.5. The van der Waals surface area contributed by atoms with E-state index in [1.54, 1.807) is 0 Å². The molecule has 2 aliphatic rings. The Kier molecular flexibility index (Phi) is 5.50. The maximum absolute atomic E-state index is 13.6. The molecule has 3 aromatic rings. The molecule has 1 fully saturated rings. The fraction of sp³-hybridized carbons (Fsp3) is 0.333. The lowest BCUT2D eigenvalue weighted by Gasteiger charge is -2.19. The van der Waals surface area contributed by atoms with Gasteiger partial charge in [0.25, 0.3) is 0 Å². The van der Waals surface area contributed by atoms with Gasteiger partial charge in [0.15, 0.2) is 0 Å². The van der Waals surface area contributed by atoms with E-state index >= 15 is 0 Å². The third kappa shape index (κ3) is 4.36. The monoisotopic (exact) mass is 438 g/mol. The molecule has 0 saturated heterocycles. The van der Waals surface area contributed by atoms with Gasteiger partial charge in [-0.2, -0.15) is 9.97 Å². The molecular formula is C24H24ClFN4O. The highest BCUT2D eigenvalue weighted by molar-refractivity contribution is 6.30. The molecule has 31 heavy (non-hydrogen) atoms. The van der Waals surface area contributed by atoms with Crippen LogP contribution in [-0.2, 0) is 0 Å². The number of para-hydroxylation sites is 1. The predicted octanol–water partition coefficient (Wildman–Crippen LogP) is 5.80. The summed E-state index contributed by atoms with van der Waals surface area (Å²) in [5.41, 5.74) is 3.20. The first-order valence-electron chi connectivity index (χ1n) is 10.7. The second-order valence-electron chi connectivity index (χ2n) is 8.19. The van der Waals surface area contributed by atoms with Gasteiger partial charge in [0.2, 0.25) is 0 Å². The summed E-state index contributed by atoms with van der Waals surface area (Å²) in [6, 6.07) is 11.0. The molecule has 1 aliphatic carbocycles. The number of hydrogen-bond donors (Lipinski definition) is 2. The van der Waals surface area contributed by atoms with Gasteiger partial charge in [-0.05, 0) is 62.4 Å². The Balaban J connectivity index is 1.60. The molecule has 1 aromatic heterocycles. The minimum absolute atomic E-state index is 0.000423. The number of rotatable bonds is 6. The van der Waals surface area contributed by atoms with Gasteiger partial charge in [0.1, 0.15) is 17.4 Å². The van der Waals surface area contributed by atoms with E-state index in [4.69, 9.17) is 21.3 Å². The van der Waals surface area contributed by atoms with Crippen LogP contribution >= 0.6 is 11.6 Å². The molecule has 2 N–H and O–H groups in total. The predicted molar refractivity (Wildman–Crippen MR) is 122 cm³/mol. The van der Waals surface area contributed by atoms with Crippen LogP contribution in [0.4, 0.5) is 10.2 Å². The lowest BCUT2D eigenvalue weighted by atomic mass is 9.97. The van der Waals surface area contributed by atoms with E-state index in [-0.39, 0.29) is 11.0 Å².